The van der Waals surface area contributed by atoms with E-state index < -0.39 is 24.4 Å². The first-order chi connectivity index (χ1) is 5.44. The smallest absolute Gasteiger partial charge is 0.415 e. The van der Waals surface area contributed by atoms with Crippen molar-refractivity contribution in [2.75, 3.05) is 0 Å². The molecular formula is C4CoF9-. The molecule has 0 aromatic rings. The molecule has 0 saturated heterocycles. The minimum absolute atomic E-state index is 0. The normalized spacial score (nSPS) is 14.1. The van der Waals surface area contributed by atoms with Crippen LogP contribution >= 0.6 is 0 Å². The van der Waals surface area contributed by atoms with Crippen molar-refractivity contribution < 1.29 is 56.3 Å². The first kappa shape index (κ1) is 16.3. The van der Waals surface area contributed by atoms with Gasteiger partial charge >= 0.3 is 12.1 Å². The minimum atomic E-state index is -6.77. The van der Waals surface area contributed by atoms with Gasteiger partial charge < -0.3 is 8.78 Å². The van der Waals surface area contributed by atoms with Crippen LogP contribution in [0.15, 0.2) is 0 Å². The second-order valence-corrected chi connectivity index (χ2v) is 1.91. The van der Waals surface area contributed by atoms with Gasteiger partial charge in [-0.25, -0.2) is 8.78 Å². The quantitative estimate of drug-likeness (QED) is 0.537. The molecule has 0 spiro atoms. The fourth-order valence-electron chi connectivity index (χ4n) is 0.297. The Kier molecular flexibility index (Phi) is 4.86. The zero-order valence-electron chi connectivity index (χ0n) is 5.74. The van der Waals surface area contributed by atoms with Crippen LogP contribution in [0.1, 0.15) is 0 Å². The molecule has 0 aromatic carbocycles. The summed E-state index contributed by atoms with van der Waals surface area (Å²) in [4.78, 5) is 0. The Labute approximate surface area is 81.6 Å². The molecule has 14 heavy (non-hydrogen) atoms. The molecule has 0 bridgehead atoms. The minimum Gasteiger partial charge on any atom is -0.415 e. The van der Waals surface area contributed by atoms with Gasteiger partial charge in [0.05, 0.1) is 6.43 Å². The Balaban J connectivity index is 0. The summed E-state index contributed by atoms with van der Waals surface area (Å²) >= 11 is 0. The fourth-order valence-corrected chi connectivity index (χ4v) is 0.297. The summed E-state index contributed by atoms with van der Waals surface area (Å²) in [6, 6.07) is 0. The van der Waals surface area contributed by atoms with E-state index in [0.29, 0.717) is 0 Å². The molecule has 0 nitrogen and oxygen atoms in total. The third-order valence-corrected chi connectivity index (χ3v) is 0.988. The van der Waals surface area contributed by atoms with Gasteiger partial charge in [0.15, 0.2) is 0 Å². The molecule has 0 aliphatic carbocycles. The van der Waals surface area contributed by atoms with Gasteiger partial charge in [0.2, 0.25) is 0 Å². The van der Waals surface area contributed by atoms with Crippen LogP contribution in [0, 0.1) is 6.43 Å². The standard InChI is InChI=1S/C4F9.Co/c5-1(6)2(7,8)3(9,10)4(11,12)13;/q-1;. The van der Waals surface area contributed by atoms with Crippen LogP contribution in [-0.2, 0) is 16.8 Å². The van der Waals surface area contributed by atoms with Crippen molar-refractivity contribution in [1.29, 1.82) is 0 Å². The maximum Gasteiger partial charge on any atom is 0.456 e. The number of rotatable bonds is 2. The third-order valence-electron chi connectivity index (χ3n) is 0.988. The Morgan fingerprint density at radius 2 is 1.00 bits per heavy atom. The monoisotopic (exact) mass is 278 g/mol. The van der Waals surface area contributed by atoms with Gasteiger partial charge in [0.1, 0.15) is 0 Å². The molecule has 0 fully saturated rings. The van der Waals surface area contributed by atoms with Crippen LogP contribution in [0.4, 0.5) is 39.5 Å². The van der Waals surface area contributed by atoms with Gasteiger partial charge in [0, 0.05) is 16.8 Å². The van der Waals surface area contributed by atoms with E-state index in [0.717, 1.165) is 0 Å². The Hall–Kier alpha value is -0.124. The number of alkyl halides is 7. The number of hydrogen-bond acceptors (Lipinski definition) is 0. The summed E-state index contributed by atoms with van der Waals surface area (Å²) in [6.07, 6.45) is -11.0. The maximum absolute atomic E-state index is 11.6. The largest absolute Gasteiger partial charge is 0.456 e. The molecule has 0 aromatic heterocycles. The fraction of sp³-hybridized carbons (Fsp3) is 0.750. The van der Waals surface area contributed by atoms with Gasteiger partial charge in [-0.2, -0.15) is 22.0 Å². The van der Waals surface area contributed by atoms with Crippen LogP contribution in [0.5, 0.6) is 0 Å². The number of hydrogen-bond donors (Lipinski definition) is 0. The van der Waals surface area contributed by atoms with E-state index in [1.54, 1.807) is 0 Å². The van der Waals surface area contributed by atoms with E-state index in [-0.39, 0.29) is 16.8 Å². The molecule has 0 unspecified atom stereocenters. The van der Waals surface area contributed by atoms with E-state index in [4.69, 9.17) is 0 Å². The van der Waals surface area contributed by atoms with E-state index >= 15 is 0 Å². The first-order valence-electron chi connectivity index (χ1n) is 2.45. The van der Waals surface area contributed by atoms with Gasteiger partial charge in [-0.3, -0.25) is 0 Å². The molecule has 0 atom stereocenters. The SMILES string of the molecule is F[C-](F)C(F)(F)C(F)(F)C(F)(F)F.[Co]. The van der Waals surface area contributed by atoms with Gasteiger partial charge in [-0.05, 0) is 0 Å². The first-order valence-corrected chi connectivity index (χ1v) is 2.45. The molecule has 0 N–H and O–H groups in total. The summed E-state index contributed by atoms with van der Waals surface area (Å²) < 4.78 is 102. The summed E-state index contributed by atoms with van der Waals surface area (Å²) in [5.74, 6) is -13.3. The molecule has 0 rings (SSSR count). The van der Waals surface area contributed by atoms with E-state index in [2.05, 4.69) is 0 Å². The molecular weight excluding hydrogens is 278 g/mol. The Morgan fingerprint density at radius 3 is 1.07 bits per heavy atom. The summed E-state index contributed by atoms with van der Waals surface area (Å²) in [6.45, 7) is 0. The summed E-state index contributed by atoms with van der Waals surface area (Å²) in [7, 11) is 0. The third kappa shape index (κ3) is 2.46. The second kappa shape index (κ2) is 4.17. The van der Waals surface area contributed by atoms with E-state index in [1.807, 2.05) is 0 Å². The van der Waals surface area contributed by atoms with Crippen molar-refractivity contribution in [2.24, 2.45) is 0 Å². The number of halogens is 9. The van der Waals surface area contributed by atoms with Crippen molar-refractivity contribution >= 4 is 0 Å². The van der Waals surface area contributed by atoms with Crippen LogP contribution < -0.4 is 0 Å². The topological polar surface area (TPSA) is 0 Å². The second-order valence-electron chi connectivity index (χ2n) is 1.91. The van der Waals surface area contributed by atoms with Crippen molar-refractivity contribution in [3.8, 4) is 0 Å². The molecule has 1 radical (unpaired) electrons. The van der Waals surface area contributed by atoms with E-state index in [1.165, 1.54) is 0 Å². The molecule has 0 heterocycles. The zero-order chi connectivity index (χ0) is 11.1. The molecule has 0 aliphatic heterocycles. The maximum atomic E-state index is 11.6. The zero-order valence-corrected chi connectivity index (χ0v) is 6.78. The van der Waals surface area contributed by atoms with Gasteiger partial charge in [-0.1, -0.05) is 0 Å². The van der Waals surface area contributed by atoms with Gasteiger partial charge in [-0.15, -0.1) is 0 Å². The van der Waals surface area contributed by atoms with Crippen molar-refractivity contribution in [3.05, 3.63) is 6.43 Å². The van der Waals surface area contributed by atoms with Crippen LogP contribution in [0.25, 0.3) is 0 Å². The average Bonchev–Trinajstić information content (AvgIpc) is 1.84. The van der Waals surface area contributed by atoms with Crippen molar-refractivity contribution in [1.82, 2.24) is 0 Å². The summed E-state index contributed by atoms with van der Waals surface area (Å²) in [5.41, 5.74) is 0. The Bertz CT molecular complexity index is 182. The molecule has 0 saturated carbocycles. The predicted octanol–water partition coefficient (Wildman–Crippen LogP) is 3.25. The average molecular weight is 278 g/mol. The van der Waals surface area contributed by atoms with Crippen LogP contribution in [0.2, 0.25) is 0 Å². The Morgan fingerprint density at radius 1 is 0.714 bits per heavy atom. The van der Waals surface area contributed by atoms with Gasteiger partial charge in [0.25, 0.3) is 5.92 Å². The van der Waals surface area contributed by atoms with Crippen LogP contribution in [0.3, 0.4) is 0 Å². The van der Waals surface area contributed by atoms with E-state index in [9.17, 15) is 39.5 Å². The van der Waals surface area contributed by atoms with Crippen LogP contribution in [-0.4, -0.2) is 18.0 Å². The molecule has 0 aliphatic rings. The van der Waals surface area contributed by atoms with Crippen molar-refractivity contribution in [2.45, 2.75) is 18.0 Å². The predicted molar refractivity (Wildman–Crippen MR) is 21.4 cm³/mol. The molecule has 10 heteroatoms. The molecule has 0 amide bonds. The summed E-state index contributed by atoms with van der Waals surface area (Å²) in [5, 5.41) is 0. The molecule has 89 valence electrons. The van der Waals surface area contributed by atoms with Crippen molar-refractivity contribution in [3.63, 3.8) is 0 Å².